The fourth-order valence-corrected chi connectivity index (χ4v) is 3.91. The SMILES string of the molecule is CCCNC(=O)[C@@H]1[C@H](c2ccc(NC(=O)c3ccc(F)cc3)cc2)OC(=O)N1Cc1ccc(F)cc1. The summed E-state index contributed by atoms with van der Waals surface area (Å²) in [6, 6.07) is 16.5. The second-order valence-corrected chi connectivity index (χ2v) is 8.38. The molecule has 7 nitrogen and oxygen atoms in total. The lowest BCUT2D eigenvalue weighted by molar-refractivity contribution is -0.126. The highest BCUT2D eigenvalue weighted by molar-refractivity contribution is 6.04. The first-order valence-electron chi connectivity index (χ1n) is 11.5. The number of benzene rings is 3. The van der Waals surface area contributed by atoms with E-state index in [4.69, 9.17) is 4.74 Å². The number of halogens is 2. The van der Waals surface area contributed by atoms with Gasteiger partial charge < -0.3 is 15.4 Å². The molecule has 4 rings (SSSR count). The van der Waals surface area contributed by atoms with Crippen LogP contribution in [-0.2, 0) is 16.1 Å². The molecule has 1 heterocycles. The number of anilines is 1. The van der Waals surface area contributed by atoms with Gasteiger partial charge in [-0.3, -0.25) is 14.5 Å². The Balaban J connectivity index is 1.53. The fourth-order valence-electron chi connectivity index (χ4n) is 3.91. The van der Waals surface area contributed by atoms with Crippen LogP contribution < -0.4 is 10.6 Å². The fraction of sp³-hybridized carbons (Fsp3) is 0.222. The molecule has 1 fully saturated rings. The largest absolute Gasteiger partial charge is 0.438 e. The van der Waals surface area contributed by atoms with Crippen molar-refractivity contribution in [1.29, 1.82) is 0 Å². The van der Waals surface area contributed by atoms with E-state index in [9.17, 15) is 23.2 Å². The van der Waals surface area contributed by atoms with Crippen LogP contribution in [0.2, 0.25) is 0 Å². The van der Waals surface area contributed by atoms with Crippen molar-refractivity contribution < 1.29 is 27.9 Å². The van der Waals surface area contributed by atoms with E-state index in [0.717, 1.165) is 6.42 Å². The number of carbonyl (C=O) groups excluding carboxylic acids is 3. The van der Waals surface area contributed by atoms with Crippen LogP contribution >= 0.6 is 0 Å². The third kappa shape index (κ3) is 5.68. The number of ether oxygens (including phenoxy) is 1. The van der Waals surface area contributed by atoms with E-state index in [2.05, 4.69) is 10.6 Å². The standard InChI is InChI=1S/C27H25F2N3O4/c1-2-15-30-26(34)23-24(36-27(35)32(23)16-17-3-9-20(28)10-4-17)18-7-13-22(14-8-18)31-25(33)19-5-11-21(29)12-6-19/h3-14,23-24H,2,15-16H2,1H3,(H,30,34)(H,31,33)/t23-,24-/m0/s1. The summed E-state index contributed by atoms with van der Waals surface area (Å²) in [4.78, 5) is 39.6. The smallest absolute Gasteiger partial charge is 0.411 e. The lowest BCUT2D eigenvalue weighted by Gasteiger charge is -2.24. The molecule has 9 heteroatoms. The van der Waals surface area contributed by atoms with Crippen LogP contribution in [0.5, 0.6) is 0 Å². The minimum Gasteiger partial charge on any atom is -0.438 e. The number of carbonyl (C=O) groups is 3. The van der Waals surface area contributed by atoms with Gasteiger partial charge in [0.25, 0.3) is 5.91 Å². The first-order chi connectivity index (χ1) is 17.4. The maximum Gasteiger partial charge on any atom is 0.411 e. The summed E-state index contributed by atoms with van der Waals surface area (Å²) in [7, 11) is 0. The first-order valence-corrected chi connectivity index (χ1v) is 11.5. The summed E-state index contributed by atoms with van der Waals surface area (Å²) in [6.07, 6.45) is -0.815. The number of rotatable bonds is 8. The van der Waals surface area contributed by atoms with Crippen LogP contribution in [0.3, 0.4) is 0 Å². The zero-order chi connectivity index (χ0) is 25.7. The van der Waals surface area contributed by atoms with Crippen molar-refractivity contribution in [3.05, 3.63) is 101 Å². The van der Waals surface area contributed by atoms with E-state index in [1.54, 1.807) is 36.4 Å². The van der Waals surface area contributed by atoms with Crippen LogP contribution in [0.4, 0.5) is 19.3 Å². The number of cyclic esters (lactones) is 1. The molecule has 0 radical (unpaired) electrons. The molecule has 3 amide bonds. The number of nitrogens with one attached hydrogen (secondary N) is 2. The second-order valence-electron chi connectivity index (χ2n) is 8.38. The summed E-state index contributed by atoms with van der Waals surface area (Å²) in [6.45, 7) is 2.43. The maximum atomic E-state index is 13.3. The highest BCUT2D eigenvalue weighted by Crippen LogP contribution is 2.34. The molecule has 186 valence electrons. The van der Waals surface area contributed by atoms with Crippen molar-refractivity contribution in [2.45, 2.75) is 32.0 Å². The molecule has 0 saturated carbocycles. The number of amides is 3. The van der Waals surface area contributed by atoms with Gasteiger partial charge in [0.2, 0.25) is 5.91 Å². The van der Waals surface area contributed by atoms with Crippen molar-refractivity contribution in [2.75, 3.05) is 11.9 Å². The predicted molar refractivity (Wildman–Crippen MR) is 129 cm³/mol. The van der Waals surface area contributed by atoms with E-state index in [1.165, 1.54) is 41.3 Å². The van der Waals surface area contributed by atoms with Crippen LogP contribution in [0.1, 0.15) is 40.9 Å². The van der Waals surface area contributed by atoms with Gasteiger partial charge in [-0.05, 0) is 66.1 Å². The Labute approximate surface area is 207 Å². The Morgan fingerprint density at radius 2 is 1.53 bits per heavy atom. The van der Waals surface area contributed by atoms with Gasteiger partial charge in [-0.1, -0.05) is 31.2 Å². The number of hydrogen-bond donors (Lipinski definition) is 2. The summed E-state index contributed by atoms with van der Waals surface area (Å²) >= 11 is 0. The van der Waals surface area contributed by atoms with Crippen molar-refractivity contribution in [2.24, 2.45) is 0 Å². The van der Waals surface area contributed by atoms with Crippen LogP contribution in [-0.4, -0.2) is 35.4 Å². The normalized spacial score (nSPS) is 17.0. The molecule has 1 aliphatic heterocycles. The summed E-state index contributed by atoms with van der Waals surface area (Å²) in [5.74, 6) is -1.60. The van der Waals surface area contributed by atoms with Crippen molar-refractivity contribution in [3.63, 3.8) is 0 Å². The summed E-state index contributed by atoms with van der Waals surface area (Å²) < 4.78 is 32.0. The van der Waals surface area contributed by atoms with Gasteiger partial charge in [-0.2, -0.15) is 0 Å². The quantitative estimate of drug-likeness (QED) is 0.472. The Morgan fingerprint density at radius 1 is 0.917 bits per heavy atom. The van der Waals surface area contributed by atoms with Crippen molar-refractivity contribution >= 4 is 23.6 Å². The van der Waals surface area contributed by atoms with Gasteiger partial charge in [0.05, 0.1) is 6.54 Å². The van der Waals surface area contributed by atoms with E-state index >= 15 is 0 Å². The number of nitrogens with zero attached hydrogens (tertiary/aromatic N) is 1. The average Bonchev–Trinajstić information content (AvgIpc) is 3.20. The molecule has 0 aliphatic carbocycles. The average molecular weight is 494 g/mol. The minimum absolute atomic E-state index is 0.0750. The topological polar surface area (TPSA) is 87.7 Å². The zero-order valence-electron chi connectivity index (χ0n) is 19.5. The summed E-state index contributed by atoms with van der Waals surface area (Å²) in [5.41, 5.74) is 2.00. The molecule has 1 aliphatic rings. The van der Waals surface area contributed by atoms with E-state index in [1.807, 2.05) is 6.92 Å². The van der Waals surface area contributed by atoms with Crippen LogP contribution in [0.25, 0.3) is 0 Å². The molecule has 2 N–H and O–H groups in total. The van der Waals surface area contributed by atoms with Gasteiger partial charge in [-0.25, -0.2) is 13.6 Å². The first kappa shape index (κ1) is 24.8. The van der Waals surface area contributed by atoms with Gasteiger partial charge in [0.1, 0.15) is 11.6 Å². The lowest BCUT2D eigenvalue weighted by Crippen LogP contribution is -2.46. The molecule has 0 spiro atoms. The van der Waals surface area contributed by atoms with E-state index in [0.29, 0.717) is 28.9 Å². The molecular weight excluding hydrogens is 468 g/mol. The number of hydrogen-bond acceptors (Lipinski definition) is 4. The van der Waals surface area contributed by atoms with Crippen molar-refractivity contribution in [3.8, 4) is 0 Å². The molecule has 3 aromatic rings. The van der Waals surface area contributed by atoms with Gasteiger partial charge in [0.15, 0.2) is 12.1 Å². The Bertz CT molecular complexity index is 1230. The molecule has 36 heavy (non-hydrogen) atoms. The Kier molecular flexibility index (Phi) is 7.58. The molecule has 2 atom stereocenters. The van der Waals surface area contributed by atoms with E-state index in [-0.39, 0.29) is 12.5 Å². The molecule has 0 aromatic heterocycles. The maximum absolute atomic E-state index is 13.3. The Morgan fingerprint density at radius 3 is 2.14 bits per heavy atom. The minimum atomic E-state index is -0.936. The Hall–Kier alpha value is -4.27. The highest BCUT2D eigenvalue weighted by Gasteiger charge is 2.46. The molecule has 3 aromatic carbocycles. The third-order valence-corrected chi connectivity index (χ3v) is 5.77. The predicted octanol–water partition coefficient (Wildman–Crippen LogP) is 4.81. The van der Waals surface area contributed by atoms with Gasteiger partial charge >= 0.3 is 6.09 Å². The van der Waals surface area contributed by atoms with Crippen molar-refractivity contribution in [1.82, 2.24) is 10.2 Å². The van der Waals surface area contributed by atoms with Gasteiger partial charge in [0, 0.05) is 17.8 Å². The van der Waals surface area contributed by atoms with Crippen LogP contribution in [0, 0.1) is 11.6 Å². The molecule has 1 saturated heterocycles. The monoisotopic (exact) mass is 493 g/mol. The van der Waals surface area contributed by atoms with Gasteiger partial charge in [-0.15, -0.1) is 0 Å². The van der Waals surface area contributed by atoms with E-state index < -0.39 is 35.8 Å². The lowest BCUT2D eigenvalue weighted by atomic mass is 10.00. The molecule has 0 unspecified atom stereocenters. The van der Waals surface area contributed by atoms with Crippen LogP contribution in [0.15, 0.2) is 72.8 Å². The zero-order valence-corrected chi connectivity index (χ0v) is 19.5. The highest BCUT2D eigenvalue weighted by atomic mass is 19.1. The molecule has 0 bridgehead atoms. The third-order valence-electron chi connectivity index (χ3n) is 5.77. The molecular formula is C27H25F2N3O4. The summed E-state index contributed by atoms with van der Waals surface area (Å²) in [5, 5.41) is 5.55. The second kappa shape index (κ2) is 11.0.